The van der Waals surface area contributed by atoms with Crippen molar-refractivity contribution >= 4 is 29.2 Å². The second-order valence-corrected chi connectivity index (χ2v) is 5.85. The maximum absolute atomic E-state index is 11.8. The van der Waals surface area contributed by atoms with E-state index < -0.39 is 18.5 Å². The lowest BCUT2D eigenvalue weighted by Crippen LogP contribution is -2.21. The van der Waals surface area contributed by atoms with Crippen LogP contribution in [0.25, 0.3) is 0 Å². The van der Waals surface area contributed by atoms with Crippen molar-refractivity contribution in [2.75, 3.05) is 24.4 Å². The number of amides is 2. The quantitative estimate of drug-likeness (QED) is 0.697. The zero-order valence-electron chi connectivity index (χ0n) is 15.3. The summed E-state index contributed by atoms with van der Waals surface area (Å²) >= 11 is 0. The van der Waals surface area contributed by atoms with E-state index in [-0.39, 0.29) is 18.7 Å². The highest BCUT2D eigenvalue weighted by atomic mass is 16.5. The maximum atomic E-state index is 11.8. The molecule has 2 aromatic rings. The van der Waals surface area contributed by atoms with E-state index in [1.54, 1.807) is 43.5 Å². The van der Waals surface area contributed by atoms with E-state index >= 15 is 0 Å². The maximum Gasteiger partial charge on any atom is 0.306 e. The molecule has 2 N–H and O–H groups in total. The van der Waals surface area contributed by atoms with Crippen LogP contribution < -0.4 is 15.4 Å². The van der Waals surface area contributed by atoms with Crippen LogP contribution in [0.5, 0.6) is 5.75 Å². The van der Waals surface area contributed by atoms with Gasteiger partial charge in [0.2, 0.25) is 5.91 Å². The number of hydrogen-bond acceptors (Lipinski definition) is 5. The number of hydrogen-bond donors (Lipinski definition) is 2. The molecule has 7 heteroatoms. The Hall–Kier alpha value is -3.35. The summed E-state index contributed by atoms with van der Waals surface area (Å²) in [4.78, 5) is 35.3. The van der Waals surface area contributed by atoms with Crippen molar-refractivity contribution in [1.29, 1.82) is 0 Å². The summed E-state index contributed by atoms with van der Waals surface area (Å²) in [7, 11) is 1.55. The molecule has 0 fully saturated rings. The highest BCUT2D eigenvalue weighted by molar-refractivity contribution is 5.94. The van der Waals surface area contributed by atoms with Gasteiger partial charge in [0.1, 0.15) is 5.75 Å². The molecule has 0 radical (unpaired) electrons. The Morgan fingerprint density at radius 3 is 1.96 bits per heavy atom. The Morgan fingerprint density at radius 1 is 0.815 bits per heavy atom. The van der Waals surface area contributed by atoms with E-state index in [9.17, 15) is 14.4 Å². The molecule has 0 heterocycles. The molecule has 0 bridgehead atoms. The third-order valence-corrected chi connectivity index (χ3v) is 3.63. The predicted molar refractivity (Wildman–Crippen MR) is 102 cm³/mol. The summed E-state index contributed by atoms with van der Waals surface area (Å²) in [5.41, 5.74) is 2.32. The van der Waals surface area contributed by atoms with Crippen LogP contribution in [0.1, 0.15) is 18.4 Å². The van der Waals surface area contributed by atoms with Gasteiger partial charge >= 0.3 is 5.97 Å². The van der Waals surface area contributed by atoms with Crippen molar-refractivity contribution in [3.63, 3.8) is 0 Å². The minimum absolute atomic E-state index is 0.0210. The predicted octanol–water partition coefficient (Wildman–Crippen LogP) is 2.90. The van der Waals surface area contributed by atoms with E-state index in [0.717, 1.165) is 5.56 Å². The number of ether oxygens (including phenoxy) is 2. The topological polar surface area (TPSA) is 93.7 Å². The van der Waals surface area contributed by atoms with Crippen molar-refractivity contribution in [2.24, 2.45) is 0 Å². The Labute approximate surface area is 157 Å². The number of benzene rings is 2. The lowest BCUT2D eigenvalue weighted by Gasteiger charge is -2.08. The van der Waals surface area contributed by atoms with Crippen molar-refractivity contribution in [3.8, 4) is 5.75 Å². The minimum Gasteiger partial charge on any atom is -0.497 e. The molecule has 27 heavy (non-hydrogen) atoms. The van der Waals surface area contributed by atoms with E-state index in [1.165, 1.54) is 0 Å². The van der Waals surface area contributed by atoms with Gasteiger partial charge in [0.25, 0.3) is 5.91 Å². The van der Waals surface area contributed by atoms with Gasteiger partial charge in [-0.05, 0) is 43.3 Å². The number of aryl methyl sites for hydroxylation is 1. The summed E-state index contributed by atoms with van der Waals surface area (Å²) in [5.74, 6) is -0.696. The zero-order chi connectivity index (χ0) is 19.6. The monoisotopic (exact) mass is 370 g/mol. The number of rotatable bonds is 8. The fraction of sp³-hybridized carbons (Fsp3) is 0.250. The lowest BCUT2D eigenvalue weighted by atomic mass is 10.2. The second kappa shape index (κ2) is 9.96. The van der Waals surface area contributed by atoms with Crippen LogP contribution in [-0.4, -0.2) is 31.5 Å². The molecule has 7 nitrogen and oxygen atoms in total. The van der Waals surface area contributed by atoms with Crippen molar-refractivity contribution in [1.82, 2.24) is 0 Å². The van der Waals surface area contributed by atoms with Crippen LogP contribution in [0.4, 0.5) is 11.4 Å². The molecule has 0 atom stereocenters. The summed E-state index contributed by atoms with van der Waals surface area (Å²) in [6.07, 6.45) is -0.125. The van der Waals surface area contributed by atoms with Gasteiger partial charge < -0.3 is 20.1 Å². The number of nitrogens with one attached hydrogen (secondary N) is 2. The smallest absolute Gasteiger partial charge is 0.306 e. The van der Waals surface area contributed by atoms with E-state index in [1.807, 2.05) is 19.1 Å². The molecule has 0 saturated heterocycles. The lowest BCUT2D eigenvalue weighted by molar-refractivity contribution is -0.147. The van der Waals surface area contributed by atoms with Crippen molar-refractivity contribution < 1.29 is 23.9 Å². The third kappa shape index (κ3) is 7.19. The van der Waals surface area contributed by atoms with Crippen LogP contribution in [-0.2, 0) is 19.1 Å². The summed E-state index contributed by atoms with van der Waals surface area (Å²) in [6, 6.07) is 14.1. The first kappa shape index (κ1) is 20.0. The highest BCUT2D eigenvalue weighted by Crippen LogP contribution is 2.15. The van der Waals surface area contributed by atoms with Gasteiger partial charge in [0, 0.05) is 17.8 Å². The van der Waals surface area contributed by atoms with E-state index in [4.69, 9.17) is 9.47 Å². The SMILES string of the molecule is COc1ccc(NC(=O)COC(=O)CCC(=O)Nc2ccc(C)cc2)cc1. The average molecular weight is 370 g/mol. The van der Waals surface area contributed by atoms with Crippen LogP contribution in [0, 0.1) is 6.92 Å². The first-order valence-corrected chi connectivity index (χ1v) is 8.42. The normalized spacial score (nSPS) is 10.0. The van der Waals surface area contributed by atoms with Gasteiger partial charge in [-0.1, -0.05) is 17.7 Å². The second-order valence-electron chi connectivity index (χ2n) is 5.85. The molecular formula is C20H22N2O5. The number of carbonyl (C=O) groups is 3. The van der Waals surface area contributed by atoms with Crippen molar-refractivity contribution in [3.05, 3.63) is 54.1 Å². The largest absolute Gasteiger partial charge is 0.497 e. The first-order chi connectivity index (χ1) is 13.0. The summed E-state index contributed by atoms with van der Waals surface area (Å²) in [5, 5.41) is 5.29. The molecule has 0 aliphatic rings. The zero-order valence-corrected chi connectivity index (χ0v) is 15.3. The van der Waals surface area contributed by atoms with Gasteiger partial charge in [-0.3, -0.25) is 14.4 Å². The Bertz CT molecular complexity index is 785. The highest BCUT2D eigenvalue weighted by Gasteiger charge is 2.11. The molecule has 0 aliphatic heterocycles. The van der Waals surface area contributed by atoms with Gasteiger partial charge in [0.15, 0.2) is 6.61 Å². The molecule has 0 aliphatic carbocycles. The molecule has 0 spiro atoms. The van der Waals surface area contributed by atoms with E-state index in [2.05, 4.69) is 10.6 Å². The fourth-order valence-electron chi connectivity index (χ4n) is 2.17. The number of carbonyl (C=O) groups excluding carboxylic acids is 3. The Morgan fingerprint density at radius 2 is 1.37 bits per heavy atom. The van der Waals surface area contributed by atoms with Gasteiger partial charge in [-0.15, -0.1) is 0 Å². The van der Waals surface area contributed by atoms with Gasteiger partial charge in [-0.2, -0.15) is 0 Å². The molecule has 0 unspecified atom stereocenters. The number of anilines is 2. The van der Waals surface area contributed by atoms with E-state index in [0.29, 0.717) is 17.1 Å². The molecule has 2 aromatic carbocycles. The van der Waals surface area contributed by atoms with Gasteiger partial charge in [0.05, 0.1) is 13.5 Å². The molecule has 2 amide bonds. The first-order valence-electron chi connectivity index (χ1n) is 8.42. The van der Waals surface area contributed by atoms with Crippen molar-refractivity contribution in [2.45, 2.75) is 19.8 Å². The van der Waals surface area contributed by atoms with Crippen LogP contribution in [0.15, 0.2) is 48.5 Å². The Balaban J connectivity index is 1.66. The van der Waals surface area contributed by atoms with Crippen LogP contribution >= 0.6 is 0 Å². The molecule has 0 saturated carbocycles. The fourth-order valence-corrected chi connectivity index (χ4v) is 2.17. The molecule has 142 valence electrons. The summed E-state index contributed by atoms with van der Waals surface area (Å²) < 4.78 is 9.91. The van der Waals surface area contributed by atoms with Crippen LogP contribution in [0.3, 0.4) is 0 Å². The number of esters is 1. The van der Waals surface area contributed by atoms with Gasteiger partial charge in [-0.25, -0.2) is 0 Å². The summed E-state index contributed by atoms with van der Waals surface area (Å²) in [6.45, 7) is 1.54. The molecular weight excluding hydrogens is 348 g/mol. The Kier molecular flexibility index (Phi) is 7.37. The molecule has 0 aromatic heterocycles. The van der Waals surface area contributed by atoms with Crippen LogP contribution in [0.2, 0.25) is 0 Å². The number of methoxy groups -OCH3 is 1. The minimum atomic E-state index is -0.612. The average Bonchev–Trinajstić information content (AvgIpc) is 2.67. The third-order valence-electron chi connectivity index (χ3n) is 3.63. The molecule has 2 rings (SSSR count). The standard InChI is InChI=1S/C20H22N2O5/c1-14-3-5-15(6-4-14)21-18(23)11-12-20(25)27-13-19(24)22-16-7-9-17(26-2)10-8-16/h3-10H,11-13H2,1-2H3,(H,21,23)(H,22,24).